The fourth-order valence-corrected chi connectivity index (χ4v) is 6.17. The third-order valence-corrected chi connectivity index (χ3v) is 7.21. The van der Waals surface area contributed by atoms with Gasteiger partial charge in [0.15, 0.2) is 0 Å². The van der Waals surface area contributed by atoms with Gasteiger partial charge in [-0.2, -0.15) is 0 Å². The molecule has 2 aromatic rings. The molecule has 108 valence electrons. The molecular formula is C14H8F6Zn. The minimum absolute atomic E-state index is 0.00852. The molecule has 7 heteroatoms. The van der Waals surface area contributed by atoms with Crippen molar-refractivity contribution < 1.29 is 43.5 Å². The average molecular weight is 356 g/mol. The third-order valence-electron chi connectivity index (χ3n) is 3.03. The molecule has 0 fully saturated rings. The SMILES string of the molecule is FC(F)(F)c1cccc[c]1[Zn][c]1ccccc1C(F)(F)F. The molecular weight excluding hydrogens is 348 g/mol. The number of halogens is 6. The molecule has 2 aromatic carbocycles. The van der Waals surface area contributed by atoms with Crippen LogP contribution in [0.5, 0.6) is 0 Å². The molecule has 21 heavy (non-hydrogen) atoms. The van der Waals surface area contributed by atoms with Crippen LogP contribution in [0.15, 0.2) is 48.5 Å². The minimum atomic E-state index is -4.55. The molecule has 0 N–H and O–H groups in total. The van der Waals surface area contributed by atoms with Crippen LogP contribution in [0.25, 0.3) is 0 Å². The van der Waals surface area contributed by atoms with Gasteiger partial charge in [-0.3, -0.25) is 0 Å². The van der Waals surface area contributed by atoms with E-state index >= 15 is 0 Å². The van der Waals surface area contributed by atoms with Crippen molar-refractivity contribution >= 4 is 8.32 Å². The Morgan fingerprint density at radius 3 is 1.24 bits per heavy atom. The summed E-state index contributed by atoms with van der Waals surface area (Å²) >= 11 is -2.40. The van der Waals surface area contributed by atoms with Crippen molar-refractivity contribution in [3.8, 4) is 0 Å². The van der Waals surface area contributed by atoms with Crippen molar-refractivity contribution in [1.29, 1.82) is 0 Å². The second kappa shape index (κ2) is 5.80. The van der Waals surface area contributed by atoms with E-state index in [1.807, 2.05) is 0 Å². The molecule has 0 bridgehead atoms. The van der Waals surface area contributed by atoms with Crippen LogP contribution in [0.3, 0.4) is 0 Å². The van der Waals surface area contributed by atoms with Gasteiger partial charge in [0, 0.05) is 0 Å². The Kier molecular flexibility index (Phi) is 4.42. The molecule has 0 unspecified atom stereocenters. The zero-order valence-corrected chi connectivity index (χ0v) is 13.6. The molecule has 0 nitrogen and oxygen atoms in total. The zero-order valence-electron chi connectivity index (χ0n) is 10.6. The quantitative estimate of drug-likeness (QED) is 0.568. The van der Waals surface area contributed by atoms with Crippen molar-refractivity contribution in [2.24, 2.45) is 0 Å². The van der Waals surface area contributed by atoms with Crippen LogP contribution in [0, 0.1) is 0 Å². The Morgan fingerprint density at radius 2 is 0.905 bits per heavy atom. The molecule has 0 heterocycles. The van der Waals surface area contributed by atoms with Gasteiger partial charge in [0.1, 0.15) is 0 Å². The number of hydrogen-bond donors (Lipinski definition) is 0. The van der Waals surface area contributed by atoms with Crippen molar-refractivity contribution in [3.05, 3.63) is 59.7 Å². The Balaban J connectivity index is 2.45. The first-order valence-corrected chi connectivity index (χ1v) is 8.96. The van der Waals surface area contributed by atoms with E-state index < -0.39 is 40.6 Å². The van der Waals surface area contributed by atoms with Crippen LogP contribution < -0.4 is 8.32 Å². The summed E-state index contributed by atoms with van der Waals surface area (Å²) in [5.74, 6) is 0. The first-order valence-electron chi connectivity index (χ1n) is 6.00. The number of hydrogen-bond acceptors (Lipinski definition) is 0. The van der Waals surface area contributed by atoms with E-state index in [4.69, 9.17) is 0 Å². The van der Waals surface area contributed by atoms with Crippen LogP contribution in [-0.4, -0.2) is 0 Å². The topological polar surface area (TPSA) is 0 Å². The second-order valence-electron chi connectivity index (χ2n) is 4.49. The van der Waals surface area contributed by atoms with Gasteiger partial charge in [-0.05, 0) is 0 Å². The number of benzene rings is 2. The van der Waals surface area contributed by atoms with Crippen LogP contribution in [-0.2, 0) is 29.5 Å². The fraction of sp³-hybridized carbons (Fsp3) is 0.143. The van der Waals surface area contributed by atoms with E-state index in [-0.39, 0.29) is 8.32 Å². The van der Waals surface area contributed by atoms with Crippen molar-refractivity contribution in [3.63, 3.8) is 0 Å². The van der Waals surface area contributed by atoms with Gasteiger partial charge in [0.25, 0.3) is 0 Å². The van der Waals surface area contributed by atoms with Gasteiger partial charge in [-0.25, -0.2) is 0 Å². The van der Waals surface area contributed by atoms with Gasteiger partial charge < -0.3 is 0 Å². The summed E-state index contributed by atoms with van der Waals surface area (Å²) < 4.78 is 77.4. The normalized spacial score (nSPS) is 12.1. The van der Waals surface area contributed by atoms with Gasteiger partial charge in [-0.15, -0.1) is 0 Å². The Labute approximate surface area is 124 Å². The maximum absolute atomic E-state index is 12.9. The predicted octanol–water partition coefficient (Wildman–Crippen LogP) is 3.76. The first kappa shape index (κ1) is 16.0. The Bertz CT molecular complexity index is 574. The molecule has 0 saturated carbocycles. The summed E-state index contributed by atoms with van der Waals surface area (Å²) in [7, 11) is 0. The summed E-state index contributed by atoms with van der Waals surface area (Å²) in [6.45, 7) is 0. The standard InChI is InChI=1S/2C7H4F3.Zn/c2*8-7(9,10)6-4-2-1-3-5-6;/h2*1-4H;. The van der Waals surface area contributed by atoms with Crippen LogP contribution in [0.4, 0.5) is 26.3 Å². The van der Waals surface area contributed by atoms with E-state index in [0.29, 0.717) is 0 Å². The van der Waals surface area contributed by atoms with Gasteiger partial charge in [0.05, 0.1) is 0 Å². The first-order chi connectivity index (χ1) is 9.69. The Hall–Kier alpha value is -1.36. The molecule has 0 aliphatic carbocycles. The summed E-state index contributed by atoms with van der Waals surface area (Å²) in [6, 6.07) is 9.70. The molecule has 0 aliphatic rings. The van der Waals surface area contributed by atoms with Crippen molar-refractivity contribution in [2.45, 2.75) is 12.4 Å². The van der Waals surface area contributed by atoms with E-state index in [1.54, 1.807) is 0 Å². The zero-order chi connectivity index (χ0) is 15.7. The molecule has 0 spiro atoms. The van der Waals surface area contributed by atoms with Crippen molar-refractivity contribution in [2.75, 3.05) is 0 Å². The fourth-order valence-electron chi connectivity index (χ4n) is 2.11. The average Bonchev–Trinajstić information content (AvgIpc) is 2.37. The van der Waals surface area contributed by atoms with E-state index in [1.165, 1.54) is 36.4 Å². The molecule has 0 radical (unpaired) electrons. The van der Waals surface area contributed by atoms with Crippen LogP contribution in [0.2, 0.25) is 0 Å². The van der Waals surface area contributed by atoms with E-state index in [9.17, 15) is 26.3 Å². The molecule has 0 atom stereocenters. The summed E-state index contributed by atoms with van der Waals surface area (Å²) in [4.78, 5) is 0. The summed E-state index contributed by atoms with van der Waals surface area (Å²) in [5, 5.41) is 0. The number of rotatable bonds is 2. The van der Waals surface area contributed by atoms with Crippen molar-refractivity contribution in [1.82, 2.24) is 0 Å². The van der Waals surface area contributed by atoms with Gasteiger partial charge in [0.2, 0.25) is 0 Å². The number of alkyl halides is 6. The molecule has 0 aromatic heterocycles. The maximum atomic E-state index is 12.9. The van der Waals surface area contributed by atoms with Gasteiger partial charge >= 0.3 is 124 Å². The molecule has 0 aliphatic heterocycles. The molecule has 0 saturated heterocycles. The predicted molar refractivity (Wildman–Crippen MR) is 62.2 cm³/mol. The molecule has 0 amide bonds. The van der Waals surface area contributed by atoms with E-state index in [0.717, 1.165) is 12.1 Å². The molecule has 2 rings (SSSR count). The monoisotopic (exact) mass is 354 g/mol. The van der Waals surface area contributed by atoms with Crippen LogP contribution >= 0.6 is 0 Å². The van der Waals surface area contributed by atoms with E-state index in [2.05, 4.69) is 0 Å². The summed E-state index contributed by atoms with van der Waals surface area (Å²) in [5.41, 5.74) is -1.66. The van der Waals surface area contributed by atoms with Gasteiger partial charge in [-0.1, -0.05) is 0 Å². The van der Waals surface area contributed by atoms with Crippen LogP contribution in [0.1, 0.15) is 11.1 Å². The Morgan fingerprint density at radius 1 is 0.571 bits per heavy atom. The summed E-state index contributed by atoms with van der Waals surface area (Å²) in [6.07, 6.45) is -9.09. The third kappa shape index (κ3) is 3.85. The second-order valence-corrected chi connectivity index (χ2v) is 8.43.